The molecule has 1 aromatic heterocycles. The number of nitrogens with zero attached hydrogens (tertiary/aromatic N) is 1. The lowest BCUT2D eigenvalue weighted by molar-refractivity contribution is 0.297. The van der Waals surface area contributed by atoms with Crippen LogP contribution in [0.15, 0.2) is 29.8 Å². The minimum Gasteiger partial charge on any atom is -0.490 e. The summed E-state index contributed by atoms with van der Waals surface area (Å²) in [6.07, 6.45) is 5.31. The normalized spacial score (nSPS) is 19.0. The molecule has 0 radical (unpaired) electrons. The molecule has 0 amide bonds. The highest BCUT2D eigenvalue weighted by Crippen LogP contribution is 2.36. The first kappa shape index (κ1) is 13.1. The Kier molecular flexibility index (Phi) is 3.53. The van der Waals surface area contributed by atoms with Crippen LogP contribution in [0.4, 0.5) is 0 Å². The molecule has 1 aromatic carbocycles. The molecular weight excluding hydrogens is 284 g/mol. The summed E-state index contributed by atoms with van der Waals surface area (Å²) in [6.45, 7) is 1.44. The Hall–Kier alpha value is -1.59. The fraction of sp³-hybridized carbons (Fsp3) is 0.438. The van der Waals surface area contributed by atoms with E-state index in [1.807, 2.05) is 17.6 Å². The number of thiazole rings is 1. The third kappa shape index (κ3) is 2.89. The molecule has 1 N–H and O–H groups in total. The number of aromatic nitrogens is 1. The Balaban J connectivity index is 1.67. The third-order valence-electron chi connectivity index (χ3n) is 3.78. The zero-order chi connectivity index (χ0) is 14.1. The van der Waals surface area contributed by atoms with Crippen molar-refractivity contribution in [1.29, 1.82) is 0 Å². The molecule has 1 atom stereocenters. The molecule has 4 nitrogen and oxygen atoms in total. The average molecular weight is 302 g/mol. The molecule has 0 saturated heterocycles. The zero-order valence-electron chi connectivity index (χ0n) is 11.7. The first-order valence-corrected chi connectivity index (χ1v) is 8.33. The van der Waals surface area contributed by atoms with Gasteiger partial charge in [-0.05, 0) is 30.5 Å². The SMILES string of the molecule is c1csc(C(NC2CC2)c2ccc3c(c2)OCCCO3)n1. The van der Waals surface area contributed by atoms with Crippen LogP contribution in [0.1, 0.15) is 35.9 Å². The van der Waals surface area contributed by atoms with Crippen molar-refractivity contribution in [2.45, 2.75) is 31.3 Å². The molecule has 110 valence electrons. The molecule has 1 aliphatic heterocycles. The first-order chi connectivity index (χ1) is 10.4. The van der Waals surface area contributed by atoms with Gasteiger partial charge in [-0.25, -0.2) is 4.98 Å². The van der Waals surface area contributed by atoms with Crippen LogP contribution in [0.5, 0.6) is 11.5 Å². The minimum absolute atomic E-state index is 0.148. The number of rotatable bonds is 4. The summed E-state index contributed by atoms with van der Waals surface area (Å²) < 4.78 is 11.5. The topological polar surface area (TPSA) is 43.4 Å². The van der Waals surface area contributed by atoms with Gasteiger partial charge in [0.1, 0.15) is 5.01 Å². The van der Waals surface area contributed by atoms with Crippen LogP contribution in [-0.2, 0) is 0 Å². The molecule has 1 saturated carbocycles. The molecule has 0 spiro atoms. The summed E-state index contributed by atoms with van der Waals surface area (Å²) in [5, 5.41) is 6.82. The fourth-order valence-electron chi connectivity index (χ4n) is 2.53. The van der Waals surface area contributed by atoms with Gasteiger partial charge < -0.3 is 14.8 Å². The monoisotopic (exact) mass is 302 g/mol. The second-order valence-electron chi connectivity index (χ2n) is 5.50. The summed E-state index contributed by atoms with van der Waals surface area (Å²) in [6, 6.07) is 7.01. The number of hydrogen-bond acceptors (Lipinski definition) is 5. The molecule has 2 aliphatic rings. The predicted octanol–water partition coefficient (Wildman–Crippen LogP) is 3.15. The second kappa shape index (κ2) is 5.66. The smallest absolute Gasteiger partial charge is 0.161 e. The van der Waals surface area contributed by atoms with E-state index in [0.29, 0.717) is 12.6 Å². The second-order valence-corrected chi connectivity index (χ2v) is 6.43. The van der Waals surface area contributed by atoms with Crippen LogP contribution in [0.2, 0.25) is 0 Å². The molecule has 1 aliphatic carbocycles. The van der Waals surface area contributed by atoms with E-state index in [1.54, 1.807) is 11.3 Å². The van der Waals surface area contributed by atoms with E-state index in [0.717, 1.165) is 29.5 Å². The van der Waals surface area contributed by atoms with E-state index in [2.05, 4.69) is 22.4 Å². The maximum Gasteiger partial charge on any atom is 0.161 e. The molecule has 1 fully saturated rings. The lowest BCUT2D eigenvalue weighted by Crippen LogP contribution is -2.24. The van der Waals surface area contributed by atoms with E-state index in [9.17, 15) is 0 Å². The van der Waals surface area contributed by atoms with Crippen LogP contribution in [0.25, 0.3) is 0 Å². The number of ether oxygens (including phenoxy) is 2. The summed E-state index contributed by atoms with van der Waals surface area (Å²) >= 11 is 1.69. The van der Waals surface area contributed by atoms with Crippen molar-refractivity contribution in [2.24, 2.45) is 0 Å². The Bertz CT molecular complexity index is 611. The van der Waals surface area contributed by atoms with Gasteiger partial charge in [0.05, 0.1) is 19.3 Å². The Labute approximate surface area is 128 Å². The molecule has 1 unspecified atom stereocenters. The van der Waals surface area contributed by atoms with Gasteiger partial charge in [-0.3, -0.25) is 0 Å². The van der Waals surface area contributed by atoms with E-state index >= 15 is 0 Å². The number of nitrogens with one attached hydrogen (secondary N) is 1. The number of fused-ring (bicyclic) bond motifs is 1. The maximum atomic E-state index is 5.81. The van der Waals surface area contributed by atoms with E-state index in [4.69, 9.17) is 9.47 Å². The largest absolute Gasteiger partial charge is 0.490 e. The molecule has 2 aromatic rings. The first-order valence-electron chi connectivity index (χ1n) is 7.45. The predicted molar refractivity (Wildman–Crippen MR) is 82.2 cm³/mol. The minimum atomic E-state index is 0.148. The van der Waals surface area contributed by atoms with Crippen LogP contribution in [-0.4, -0.2) is 24.2 Å². The van der Waals surface area contributed by atoms with Crippen LogP contribution in [0, 0.1) is 0 Å². The van der Waals surface area contributed by atoms with Crippen LogP contribution >= 0.6 is 11.3 Å². The molecule has 21 heavy (non-hydrogen) atoms. The summed E-state index contributed by atoms with van der Waals surface area (Å²) in [4.78, 5) is 4.49. The van der Waals surface area contributed by atoms with Crippen molar-refractivity contribution in [1.82, 2.24) is 10.3 Å². The van der Waals surface area contributed by atoms with Gasteiger partial charge in [0.2, 0.25) is 0 Å². The van der Waals surface area contributed by atoms with Crippen molar-refractivity contribution >= 4 is 11.3 Å². The van der Waals surface area contributed by atoms with E-state index in [-0.39, 0.29) is 6.04 Å². The highest BCUT2D eigenvalue weighted by Gasteiger charge is 2.28. The van der Waals surface area contributed by atoms with Crippen molar-refractivity contribution in [3.05, 3.63) is 40.3 Å². The lowest BCUT2D eigenvalue weighted by Gasteiger charge is -2.18. The van der Waals surface area contributed by atoms with Gasteiger partial charge in [0.15, 0.2) is 11.5 Å². The average Bonchev–Trinajstić information content (AvgIpc) is 3.23. The zero-order valence-corrected chi connectivity index (χ0v) is 12.6. The summed E-state index contributed by atoms with van der Waals surface area (Å²) in [5.74, 6) is 1.70. The van der Waals surface area contributed by atoms with Gasteiger partial charge >= 0.3 is 0 Å². The van der Waals surface area contributed by atoms with Gasteiger partial charge in [-0.2, -0.15) is 0 Å². The quantitative estimate of drug-likeness (QED) is 0.942. The van der Waals surface area contributed by atoms with Gasteiger partial charge in [0, 0.05) is 24.0 Å². The van der Waals surface area contributed by atoms with Gasteiger partial charge in [-0.15, -0.1) is 11.3 Å². The highest BCUT2D eigenvalue weighted by atomic mass is 32.1. The fourth-order valence-corrected chi connectivity index (χ4v) is 3.26. The summed E-state index contributed by atoms with van der Waals surface area (Å²) in [5.41, 5.74) is 1.20. The van der Waals surface area contributed by atoms with E-state index < -0.39 is 0 Å². The van der Waals surface area contributed by atoms with Crippen molar-refractivity contribution in [3.8, 4) is 11.5 Å². The van der Waals surface area contributed by atoms with E-state index in [1.165, 1.54) is 18.4 Å². The maximum absolute atomic E-state index is 5.81. The molecule has 0 bridgehead atoms. The molecule has 2 heterocycles. The van der Waals surface area contributed by atoms with Gasteiger partial charge in [-0.1, -0.05) is 6.07 Å². The Morgan fingerprint density at radius 2 is 2.05 bits per heavy atom. The number of hydrogen-bond donors (Lipinski definition) is 1. The molecular formula is C16H18N2O2S. The van der Waals surface area contributed by atoms with Gasteiger partial charge in [0.25, 0.3) is 0 Å². The summed E-state index contributed by atoms with van der Waals surface area (Å²) in [7, 11) is 0. The number of benzene rings is 1. The van der Waals surface area contributed by atoms with Crippen LogP contribution < -0.4 is 14.8 Å². The Morgan fingerprint density at radius 3 is 2.81 bits per heavy atom. The standard InChI is InChI=1S/C16H18N2O2S/c1-7-19-13-5-2-11(10-14(13)20-8-1)15(18-12-3-4-12)16-17-6-9-21-16/h2,5-6,9-10,12,15,18H,1,3-4,7-8H2. The lowest BCUT2D eigenvalue weighted by atomic mass is 10.1. The molecule has 5 heteroatoms. The van der Waals surface area contributed by atoms with Crippen LogP contribution in [0.3, 0.4) is 0 Å². The highest BCUT2D eigenvalue weighted by molar-refractivity contribution is 7.09. The third-order valence-corrected chi connectivity index (χ3v) is 4.62. The Morgan fingerprint density at radius 1 is 1.19 bits per heavy atom. The molecule has 4 rings (SSSR count). The van der Waals surface area contributed by atoms with Crippen molar-refractivity contribution in [3.63, 3.8) is 0 Å². The van der Waals surface area contributed by atoms with Crippen molar-refractivity contribution in [2.75, 3.05) is 13.2 Å². The van der Waals surface area contributed by atoms with Crippen molar-refractivity contribution < 1.29 is 9.47 Å².